The zero-order chi connectivity index (χ0) is 22.2. The monoisotopic (exact) mass is 483 g/mol. The summed E-state index contributed by atoms with van der Waals surface area (Å²) in [5, 5.41) is 17.2. The number of phenolic OH excluding ortho intramolecular Hbond substituents is 1. The Kier molecular flexibility index (Phi) is 5.38. The van der Waals surface area contributed by atoms with Crippen molar-refractivity contribution < 1.29 is 14.3 Å². The summed E-state index contributed by atoms with van der Waals surface area (Å²) in [5.74, 6) is 0.847. The number of thiazole rings is 1. The summed E-state index contributed by atoms with van der Waals surface area (Å²) in [6.45, 7) is 0. The second kappa shape index (κ2) is 8.35. The molecule has 2 aromatic heterocycles. The van der Waals surface area contributed by atoms with Gasteiger partial charge in [-0.05, 0) is 42.5 Å². The fraction of sp³-hybridized carbons (Fsp3) is 0.0435. The predicted molar refractivity (Wildman–Crippen MR) is 129 cm³/mol. The molecule has 0 atom stereocenters. The second-order valence-corrected chi connectivity index (χ2v) is 8.73. The van der Waals surface area contributed by atoms with Gasteiger partial charge in [-0.2, -0.15) is 5.10 Å². The van der Waals surface area contributed by atoms with Gasteiger partial charge in [0.15, 0.2) is 17.1 Å². The van der Waals surface area contributed by atoms with Crippen molar-refractivity contribution in [2.24, 2.45) is 5.10 Å². The molecule has 5 rings (SSSR count). The minimum atomic E-state index is 0.0317. The number of anilines is 1. The Morgan fingerprint density at radius 1 is 1.09 bits per heavy atom. The number of para-hydroxylation sites is 1. The molecule has 0 aliphatic carbocycles. The zero-order valence-electron chi connectivity index (χ0n) is 16.6. The number of halogens is 2. The smallest absolute Gasteiger partial charge is 0.204 e. The minimum absolute atomic E-state index is 0.0317. The molecule has 0 fully saturated rings. The highest BCUT2D eigenvalue weighted by Gasteiger charge is 2.13. The summed E-state index contributed by atoms with van der Waals surface area (Å²) in [4.78, 5) is 4.55. The van der Waals surface area contributed by atoms with Gasteiger partial charge in [0.1, 0.15) is 5.76 Å². The number of aromatic nitrogens is 1. The summed E-state index contributed by atoms with van der Waals surface area (Å²) < 4.78 is 12.4. The van der Waals surface area contributed by atoms with Gasteiger partial charge in [-0.15, -0.1) is 0 Å². The van der Waals surface area contributed by atoms with Crippen LogP contribution >= 0.6 is 34.5 Å². The second-order valence-electron chi connectivity index (χ2n) is 6.86. The Morgan fingerprint density at radius 3 is 2.75 bits per heavy atom. The third-order valence-electron chi connectivity index (χ3n) is 4.79. The first-order chi connectivity index (χ1) is 15.5. The van der Waals surface area contributed by atoms with Gasteiger partial charge in [0.05, 0.1) is 27.7 Å². The lowest BCUT2D eigenvalue weighted by atomic mass is 10.1. The lowest BCUT2D eigenvalue weighted by Gasteiger charge is -2.09. The molecule has 3 aromatic carbocycles. The Labute approximate surface area is 196 Å². The average Bonchev–Trinajstić information content (AvgIpc) is 3.21. The largest absolute Gasteiger partial charge is 0.504 e. The van der Waals surface area contributed by atoms with Crippen LogP contribution in [0.25, 0.3) is 32.5 Å². The molecule has 0 radical (unpaired) electrons. The van der Waals surface area contributed by atoms with E-state index in [0.717, 1.165) is 10.2 Å². The summed E-state index contributed by atoms with van der Waals surface area (Å²) >= 11 is 14.2. The summed E-state index contributed by atoms with van der Waals surface area (Å²) in [6, 6.07) is 17.9. The molecule has 5 aromatic rings. The molecule has 160 valence electrons. The number of hydrogen-bond donors (Lipinski definition) is 2. The highest BCUT2D eigenvalue weighted by atomic mass is 35.5. The fourth-order valence-corrected chi connectivity index (χ4v) is 4.63. The van der Waals surface area contributed by atoms with E-state index in [9.17, 15) is 5.11 Å². The highest BCUT2D eigenvalue weighted by Crippen LogP contribution is 2.34. The van der Waals surface area contributed by atoms with E-state index in [1.165, 1.54) is 24.5 Å². The number of fused-ring (bicyclic) bond motifs is 2. The van der Waals surface area contributed by atoms with Crippen LogP contribution in [-0.4, -0.2) is 17.2 Å². The fourth-order valence-electron chi connectivity index (χ4n) is 3.29. The topological polar surface area (TPSA) is 79.9 Å². The molecule has 0 bridgehead atoms. The molecule has 6 nitrogen and oxygen atoms in total. The number of ether oxygens (including phenoxy) is 1. The van der Waals surface area contributed by atoms with Crippen molar-refractivity contribution >= 4 is 60.9 Å². The molecule has 0 saturated heterocycles. The van der Waals surface area contributed by atoms with Gasteiger partial charge >= 0.3 is 0 Å². The molecule has 0 unspecified atom stereocenters. The quantitative estimate of drug-likeness (QED) is 0.279. The average molecular weight is 484 g/mol. The molecular formula is C23H15Cl2N3O3S. The summed E-state index contributed by atoms with van der Waals surface area (Å²) in [6.07, 6.45) is 0. The first kappa shape index (κ1) is 20.6. The lowest BCUT2D eigenvalue weighted by molar-refractivity contribution is 0.373. The van der Waals surface area contributed by atoms with Crippen LogP contribution in [0.4, 0.5) is 5.13 Å². The van der Waals surface area contributed by atoms with E-state index in [1.54, 1.807) is 30.3 Å². The number of nitrogens with zero attached hydrogens (tertiary/aromatic N) is 2. The zero-order valence-corrected chi connectivity index (χ0v) is 18.9. The van der Waals surface area contributed by atoms with Gasteiger partial charge < -0.3 is 14.3 Å². The molecule has 0 saturated carbocycles. The predicted octanol–water partition coefficient (Wildman–Crippen LogP) is 6.66. The Balaban J connectivity index is 1.68. The molecule has 2 N–H and O–H groups in total. The minimum Gasteiger partial charge on any atom is -0.504 e. The Morgan fingerprint density at radius 2 is 1.94 bits per heavy atom. The van der Waals surface area contributed by atoms with Crippen LogP contribution in [0, 0.1) is 0 Å². The van der Waals surface area contributed by atoms with E-state index in [4.69, 9.17) is 32.4 Å². The van der Waals surface area contributed by atoms with Crippen molar-refractivity contribution in [3.05, 3.63) is 76.1 Å². The molecule has 0 aliphatic heterocycles. The first-order valence-electron chi connectivity index (χ1n) is 9.47. The van der Waals surface area contributed by atoms with Gasteiger partial charge in [0, 0.05) is 22.0 Å². The molecule has 0 amide bonds. The van der Waals surface area contributed by atoms with Crippen molar-refractivity contribution in [3.8, 4) is 22.8 Å². The van der Waals surface area contributed by atoms with Gasteiger partial charge in [0.2, 0.25) is 5.13 Å². The van der Waals surface area contributed by atoms with Gasteiger partial charge in [-0.25, -0.2) is 4.98 Å². The van der Waals surface area contributed by atoms with E-state index in [1.807, 2.05) is 24.3 Å². The van der Waals surface area contributed by atoms with Gasteiger partial charge in [0.25, 0.3) is 0 Å². The number of rotatable bonds is 4. The van der Waals surface area contributed by atoms with E-state index < -0.39 is 0 Å². The third kappa shape index (κ3) is 3.86. The molecule has 32 heavy (non-hydrogen) atoms. The van der Waals surface area contributed by atoms with Crippen LogP contribution in [0.2, 0.25) is 10.0 Å². The van der Waals surface area contributed by atoms with Crippen LogP contribution in [0.1, 0.15) is 0 Å². The summed E-state index contributed by atoms with van der Waals surface area (Å²) in [5.41, 5.74) is 5.05. The van der Waals surface area contributed by atoms with Crippen LogP contribution < -0.4 is 15.5 Å². The standard InChI is InChI=1S/C23H15Cl2N3O3S/c1-30-20-8-12(6-7-18(20)29)19-11-17(14-9-13(24)10-15(25)22(14)31-19)27-28-23-26-16-4-2-3-5-21(16)32-23/h2-11,29H,1H3,(H,26,28)/b27-17+. The maximum Gasteiger partial charge on any atom is 0.204 e. The Hall–Kier alpha value is -3.26. The van der Waals surface area contributed by atoms with Gasteiger partial charge in [-0.1, -0.05) is 46.7 Å². The third-order valence-corrected chi connectivity index (χ3v) is 6.23. The maximum atomic E-state index is 9.93. The molecule has 9 heteroatoms. The van der Waals surface area contributed by atoms with Crippen LogP contribution in [0.5, 0.6) is 11.5 Å². The molecular weight excluding hydrogens is 469 g/mol. The first-order valence-corrected chi connectivity index (χ1v) is 11.0. The number of benzene rings is 3. The van der Waals surface area contributed by atoms with Crippen LogP contribution in [-0.2, 0) is 0 Å². The Bertz CT molecular complexity index is 1510. The maximum absolute atomic E-state index is 9.93. The highest BCUT2D eigenvalue weighted by molar-refractivity contribution is 7.22. The van der Waals surface area contributed by atoms with E-state index in [2.05, 4.69) is 15.5 Å². The lowest BCUT2D eigenvalue weighted by Crippen LogP contribution is -2.07. The van der Waals surface area contributed by atoms with Crippen molar-refractivity contribution in [1.82, 2.24) is 4.98 Å². The van der Waals surface area contributed by atoms with E-state index in [0.29, 0.717) is 48.6 Å². The number of hydrogen-bond acceptors (Lipinski definition) is 7. The summed E-state index contributed by atoms with van der Waals surface area (Å²) in [7, 11) is 1.48. The molecule has 0 aliphatic rings. The normalized spacial score (nSPS) is 11.9. The number of phenols is 1. The van der Waals surface area contributed by atoms with E-state index in [-0.39, 0.29) is 5.75 Å². The number of nitrogens with one attached hydrogen (secondary N) is 1. The van der Waals surface area contributed by atoms with Crippen molar-refractivity contribution in [3.63, 3.8) is 0 Å². The van der Waals surface area contributed by atoms with Crippen LogP contribution in [0.15, 0.2) is 70.2 Å². The SMILES string of the molecule is COc1cc(-c2c/c(=N\Nc3nc4ccccc4s3)c3cc(Cl)cc(Cl)c3o2)ccc1O. The van der Waals surface area contributed by atoms with E-state index >= 15 is 0 Å². The van der Waals surface area contributed by atoms with Crippen LogP contribution in [0.3, 0.4) is 0 Å². The van der Waals surface area contributed by atoms with Crippen molar-refractivity contribution in [2.45, 2.75) is 0 Å². The number of aromatic hydroxyl groups is 1. The van der Waals surface area contributed by atoms with Crippen molar-refractivity contribution in [1.29, 1.82) is 0 Å². The molecule has 2 heterocycles. The number of methoxy groups -OCH3 is 1. The van der Waals surface area contributed by atoms with Gasteiger partial charge in [-0.3, -0.25) is 5.43 Å². The van der Waals surface area contributed by atoms with Crippen molar-refractivity contribution in [2.75, 3.05) is 12.5 Å². The molecule has 0 spiro atoms.